The van der Waals surface area contributed by atoms with Gasteiger partial charge in [-0.15, -0.1) is 0 Å². The van der Waals surface area contributed by atoms with E-state index in [2.05, 4.69) is 31.0 Å². The number of nitrogens with zero attached hydrogens (tertiary/aromatic N) is 3. The van der Waals surface area contributed by atoms with E-state index in [1.807, 2.05) is 0 Å². The fourth-order valence-electron chi connectivity index (χ4n) is 0.799. The first-order valence-electron chi connectivity index (χ1n) is 2.86. The molecule has 0 amide bonds. The summed E-state index contributed by atoms with van der Waals surface area (Å²) in [5, 5.41) is 3.85. The molecule has 0 atom stereocenters. The highest BCUT2D eigenvalue weighted by Crippen LogP contribution is 2.06. The van der Waals surface area contributed by atoms with E-state index in [0.717, 1.165) is 0 Å². The number of fused-ring (bicyclic) bond motifs is 1. The van der Waals surface area contributed by atoms with E-state index in [-0.39, 0.29) is 5.56 Å². The van der Waals surface area contributed by atoms with Crippen LogP contribution in [-0.2, 0) is 0 Å². The van der Waals surface area contributed by atoms with E-state index in [9.17, 15) is 4.79 Å². The Kier molecular flexibility index (Phi) is 1.28. The van der Waals surface area contributed by atoms with Crippen LogP contribution in [0.2, 0.25) is 0 Å². The van der Waals surface area contributed by atoms with Gasteiger partial charge in [-0.3, -0.25) is 4.79 Å². The van der Waals surface area contributed by atoms with E-state index in [1.165, 1.54) is 17.0 Å². The Morgan fingerprint density at radius 2 is 2.45 bits per heavy atom. The second-order valence-corrected chi connectivity index (χ2v) is 2.75. The molecule has 2 aromatic rings. The standard InChI is InChI=1S/C5H3BrN4O/c6-3-1-7-4-5(11)8-2-9-10(3)4/h1-2H,(H,8,9,11). The molecule has 5 nitrogen and oxygen atoms in total. The molecule has 6 heteroatoms. The van der Waals surface area contributed by atoms with Crippen molar-refractivity contribution in [2.24, 2.45) is 0 Å². The summed E-state index contributed by atoms with van der Waals surface area (Å²) in [7, 11) is 0. The molecule has 0 radical (unpaired) electrons. The fourth-order valence-corrected chi connectivity index (χ4v) is 1.16. The normalized spacial score (nSPS) is 10.6. The third kappa shape index (κ3) is 0.864. The van der Waals surface area contributed by atoms with Crippen molar-refractivity contribution >= 4 is 21.6 Å². The summed E-state index contributed by atoms with van der Waals surface area (Å²) in [5.41, 5.74) is 0.0464. The average Bonchev–Trinajstić information content (AvgIpc) is 2.35. The van der Waals surface area contributed by atoms with Crippen molar-refractivity contribution < 1.29 is 0 Å². The minimum absolute atomic E-state index is 0.245. The monoisotopic (exact) mass is 214 g/mol. The summed E-state index contributed by atoms with van der Waals surface area (Å²) >= 11 is 3.19. The predicted octanol–water partition coefficient (Wildman–Crippen LogP) is 0.180. The van der Waals surface area contributed by atoms with Crippen LogP contribution in [0.25, 0.3) is 5.65 Å². The van der Waals surface area contributed by atoms with Crippen molar-refractivity contribution in [1.82, 2.24) is 19.6 Å². The lowest BCUT2D eigenvalue weighted by atomic mass is 10.8. The molecule has 0 aliphatic carbocycles. The molecule has 0 unspecified atom stereocenters. The molecule has 0 fully saturated rings. The first-order valence-corrected chi connectivity index (χ1v) is 3.65. The number of aromatic amines is 1. The van der Waals surface area contributed by atoms with Crippen molar-refractivity contribution in [3.63, 3.8) is 0 Å². The minimum Gasteiger partial charge on any atom is -0.308 e. The number of imidazole rings is 1. The molecule has 0 saturated heterocycles. The Balaban J connectivity index is 3.06. The summed E-state index contributed by atoms with van der Waals surface area (Å²) in [5.74, 6) is 0. The van der Waals surface area contributed by atoms with Crippen molar-refractivity contribution in [3.8, 4) is 0 Å². The van der Waals surface area contributed by atoms with Gasteiger partial charge in [0.2, 0.25) is 5.65 Å². The SMILES string of the molecule is O=c1[nH]cnn2c(Br)cnc12. The van der Waals surface area contributed by atoms with Crippen LogP contribution in [0.5, 0.6) is 0 Å². The second-order valence-electron chi connectivity index (χ2n) is 1.93. The molecule has 1 N–H and O–H groups in total. The zero-order valence-corrected chi connectivity index (χ0v) is 6.87. The van der Waals surface area contributed by atoms with E-state index >= 15 is 0 Å². The van der Waals surface area contributed by atoms with Gasteiger partial charge in [0.15, 0.2) is 0 Å². The van der Waals surface area contributed by atoms with Gasteiger partial charge in [0.25, 0.3) is 5.56 Å². The van der Waals surface area contributed by atoms with Gasteiger partial charge in [0.1, 0.15) is 10.9 Å². The van der Waals surface area contributed by atoms with Crippen molar-refractivity contribution in [1.29, 1.82) is 0 Å². The Hall–Kier alpha value is -1.17. The van der Waals surface area contributed by atoms with Crippen LogP contribution in [-0.4, -0.2) is 19.6 Å². The molecule has 11 heavy (non-hydrogen) atoms. The lowest BCUT2D eigenvalue weighted by Crippen LogP contribution is -2.11. The van der Waals surface area contributed by atoms with Gasteiger partial charge in [0.05, 0.1) is 6.20 Å². The molecule has 0 saturated carbocycles. The van der Waals surface area contributed by atoms with Crippen LogP contribution < -0.4 is 5.56 Å². The first kappa shape index (κ1) is 6.53. The number of hydrogen-bond acceptors (Lipinski definition) is 3. The van der Waals surface area contributed by atoms with Crippen LogP contribution in [0, 0.1) is 0 Å². The molecule has 0 aromatic carbocycles. The number of halogens is 1. The molecular formula is C5H3BrN4O. The maximum absolute atomic E-state index is 11.0. The van der Waals surface area contributed by atoms with E-state index in [4.69, 9.17) is 0 Å². The Labute approximate surface area is 69.2 Å². The Morgan fingerprint density at radius 1 is 1.64 bits per heavy atom. The average molecular weight is 215 g/mol. The Morgan fingerprint density at radius 3 is 3.18 bits per heavy atom. The fraction of sp³-hybridized carbons (Fsp3) is 0. The van der Waals surface area contributed by atoms with Gasteiger partial charge in [-0.2, -0.15) is 5.10 Å². The molecule has 0 aliphatic heterocycles. The van der Waals surface area contributed by atoms with Crippen LogP contribution in [0.1, 0.15) is 0 Å². The summed E-state index contributed by atoms with van der Waals surface area (Å²) in [4.78, 5) is 17.2. The highest BCUT2D eigenvalue weighted by Gasteiger charge is 2.02. The largest absolute Gasteiger partial charge is 0.308 e. The highest BCUT2D eigenvalue weighted by atomic mass is 79.9. The summed E-state index contributed by atoms with van der Waals surface area (Å²) in [6.07, 6.45) is 2.85. The summed E-state index contributed by atoms with van der Waals surface area (Å²) < 4.78 is 2.08. The quantitative estimate of drug-likeness (QED) is 0.681. The van der Waals surface area contributed by atoms with Crippen LogP contribution in [0.4, 0.5) is 0 Å². The molecule has 2 aromatic heterocycles. The summed E-state index contributed by atoms with van der Waals surface area (Å²) in [6.45, 7) is 0. The first-order chi connectivity index (χ1) is 5.29. The highest BCUT2D eigenvalue weighted by molar-refractivity contribution is 9.10. The number of rotatable bonds is 0. The van der Waals surface area contributed by atoms with Crippen molar-refractivity contribution in [2.75, 3.05) is 0 Å². The third-order valence-corrected chi connectivity index (χ3v) is 1.81. The lowest BCUT2D eigenvalue weighted by Gasteiger charge is -1.88. The van der Waals surface area contributed by atoms with Gasteiger partial charge in [-0.25, -0.2) is 9.50 Å². The lowest BCUT2D eigenvalue weighted by molar-refractivity contribution is 0.867. The molecular weight excluding hydrogens is 212 g/mol. The van der Waals surface area contributed by atoms with Gasteiger partial charge in [0, 0.05) is 0 Å². The Bertz CT molecular complexity index is 445. The van der Waals surface area contributed by atoms with Gasteiger partial charge >= 0.3 is 0 Å². The van der Waals surface area contributed by atoms with Crippen LogP contribution in [0.15, 0.2) is 21.9 Å². The topological polar surface area (TPSA) is 63.0 Å². The molecule has 0 aliphatic rings. The van der Waals surface area contributed by atoms with E-state index in [0.29, 0.717) is 10.3 Å². The van der Waals surface area contributed by atoms with E-state index in [1.54, 1.807) is 0 Å². The number of nitrogens with one attached hydrogen (secondary N) is 1. The molecule has 2 heterocycles. The van der Waals surface area contributed by atoms with Gasteiger partial charge in [-0.1, -0.05) is 0 Å². The number of H-pyrrole nitrogens is 1. The minimum atomic E-state index is -0.245. The second kappa shape index (κ2) is 2.16. The van der Waals surface area contributed by atoms with Crippen LogP contribution >= 0.6 is 15.9 Å². The van der Waals surface area contributed by atoms with Crippen molar-refractivity contribution in [2.45, 2.75) is 0 Å². The molecule has 0 bridgehead atoms. The number of aromatic nitrogens is 4. The van der Waals surface area contributed by atoms with Gasteiger partial charge < -0.3 is 4.98 Å². The van der Waals surface area contributed by atoms with Crippen molar-refractivity contribution in [3.05, 3.63) is 27.5 Å². The van der Waals surface area contributed by atoms with Crippen LogP contribution in [0.3, 0.4) is 0 Å². The summed E-state index contributed by atoms with van der Waals surface area (Å²) in [6, 6.07) is 0. The predicted molar refractivity (Wildman–Crippen MR) is 41.3 cm³/mol. The maximum Gasteiger partial charge on any atom is 0.294 e. The maximum atomic E-state index is 11.0. The third-order valence-electron chi connectivity index (χ3n) is 1.27. The smallest absolute Gasteiger partial charge is 0.294 e. The molecule has 56 valence electrons. The zero-order chi connectivity index (χ0) is 7.84. The number of hydrogen-bond donors (Lipinski definition) is 1. The molecule has 0 spiro atoms. The zero-order valence-electron chi connectivity index (χ0n) is 5.28. The van der Waals surface area contributed by atoms with E-state index < -0.39 is 0 Å². The van der Waals surface area contributed by atoms with Gasteiger partial charge in [-0.05, 0) is 15.9 Å². The molecule has 2 rings (SSSR count).